The van der Waals surface area contributed by atoms with Gasteiger partial charge in [0.1, 0.15) is 5.60 Å². The fourth-order valence-electron chi connectivity index (χ4n) is 1.22. The Morgan fingerprint density at radius 3 is 2.78 bits per heavy atom. The molecule has 1 aromatic rings. The van der Waals surface area contributed by atoms with Gasteiger partial charge in [-0.3, -0.25) is 10.5 Å². The van der Waals surface area contributed by atoms with Crippen molar-refractivity contribution in [2.75, 3.05) is 5.32 Å². The van der Waals surface area contributed by atoms with Gasteiger partial charge in [0.2, 0.25) is 0 Å². The van der Waals surface area contributed by atoms with E-state index < -0.39 is 11.7 Å². The molecule has 0 heterocycles. The van der Waals surface area contributed by atoms with Crippen LogP contribution in [0.5, 0.6) is 0 Å². The average molecular weight is 251 g/mol. The van der Waals surface area contributed by atoms with Crippen molar-refractivity contribution in [1.82, 2.24) is 5.59 Å². The SMILES string of the molecule is CC(C)(C)OC(=O)Nc1cccc(C=NNO)c1. The van der Waals surface area contributed by atoms with Gasteiger partial charge in [0.25, 0.3) is 0 Å². The summed E-state index contributed by atoms with van der Waals surface area (Å²) in [5.41, 5.74) is 2.44. The molecule has 0 saturated carbocycles. The van der Waals surface area contributed by atoms with Crippen LogP contribution in [0.4, 0.5) is 10.5 Å². The smallest absolute Gasteiger partial charge is 0.412 e. The molecule has 1 aromatic carbocycles. The van der Waals surface area contributed by atoms with Gasteiger partial charge in [0, 0.05) is 5.69 Å². The molecule has 0 unspecified atom stereocenters. The van der Waals surface area contributed by atoms with Crippen LogP contribution in [-0.4, -0.2) is 23.1 Å². The van der Waals surface area contributed by atoms with Gasteiger partial charge in [-0.05, 0) is 38.5 Å². The summed E-state index contributed by atoms with van der Waals surface area (Å²) >= 11 is 0. The van der Waals surface area contributed by atoms with Crippen molar-refractivity contribution in [2.45, 2.75) is 26.4 Å². The van der Waals surface area contributed by atoms with E-state index in [-0.39, 0.29) is 0 Å². The summed E-state index contributed by atoms with van der Waals surface area (Å²) in [4.78, 5) is 11.5. The first-order valence-corrected chi connectivity index (χ1v) is 5.43. The monoisotopic (exact) mass is 251 g/mol. The maximum Gasteiger partial charge on any atom is 0.412 e. The number of amides is 1. The first kappa shape index (κ1) is 14.0. The number of carbonyl (C=O) groups is 1. The van der Waals surface area contributed by atoms with Gasteiger partial charge in [-0.2, -0.15) is 10.7 Å². The van der Waals surface area contributed by atoms with Crippen molar-refractivity contribution in [2.24, 2.45) is 5.10 Å². The summed E-state index contributed by atoms with van der Waals surface area (Å²) in [5, 5.41) is 14.4. The Kier molecular flexibility index (Phi) is 4.67. The molecule has 1 amide bonds. The third-order valence-corrected chi connectivity index (χ3v) is 1.80. The minimum Gasteiger partial charge on any atom is -0.444 e. The van der Waals surface area contributed by atoms with Gasteiger partial charge >= 0.3 is 6.09 Å². The zero-order valence-corrected chi connectivity index (χ0v) is 10.6. The predicted octanol–water partition coefficient (Wildman–Crippen LogP) is 2.35. The van der Waals surface area contributed by atoms with Crippen LogP contribution in [0.1, 0.15) is 26.3 Å². The summed E-state index contributed by atoms with van der Waals surface area (Å²) in [6, 6.07) is 6.96. The lowest BCUT2D eigenvalue weighted by Gasteiger charge is -2.19. The Hall–Kier alpha value is -2.08. The molecule has 0 radical (unpaired) electrons. The second kappa shape index (κ2) is 6.02. The van der Waals surface area contributed by atoms with E-state index in [9.17, 15) is 4.79 Å². The Labute approximate surface area is 106 Å². The molecule has 0 bridgehead atoms. The van der Waals surface area contributed by atoms with Gasteiger partial charge in [0.15, 0.2) is 0 Å². The largest absolute Gasteiger partial charge is 0.444 e. The van der Waals surface area contributed by atoms with Crippen LogP contribution in [0.15, 0.2) is 29.4 Å². The van der Waals surface area contributed by atoms with Gasteiger partial charge in [-0.1, -0.05) is 12.1 Å². The van der Waals surface area contributed by atoms with Crippen molar-refractivity contribution in [1.29, 1.82) is 0 Å². The fourth-order valence-corrected chi connectivity index (χ4v) is 1.22. The topological polar surface area (TPSA) is 83.0 Å². The van der Waals surface area contributed by atoms with E-state index in [1.54, 1.807) is 50.6 Å². The average Bonchev–Trinajstić information content (AvgIpc) is 2.24. The molecule has 1 rings (SSSR count). The summed E-state index contributed by atoms with van der Waals surface area (Å²) in [5.74, 6) is 0. The molecule has 0 aliphatic carbocycles. The van der Waals surface area contributed by atoms with Gasteiger partial charge in [0.05, 0.1) is 6.21 Å². The minimum absolute atomic E-state index is 0.517. The Bertz CT molecular complexity index is 438. The van der Waals surface area contributed by atoms with E-state index in [0.717, 1.165) is 5.56 Å². The molecule has 18 heavy (non-hydrogen) atoms. The van der Waals surface area contributed by atoms with E-state index in [2.05, 4.69) is 10.4 Å². The molecule has 0 fully saturated rings. The highest BCUT2D eigenvalue weighted by molar-refractivity contribution is 5.87. The summed E-state index contributed by atoms with van der Waals surface area (Å²) in [6.07, 6.45) is 0.900. The zero-order chi connectivity index (χ0) is 13.6. The number of anilines is 1. The Morgan fingerprint density at radius 2 is 2.17 bits per heavy atom. The molecule has 3 N–H and O–H groups in total. The van der Waals surface area contributed by atoms with Crippen LogP contribution in [0.3, 0.4) is 0 Å². The first-order chi connectivity index (χ1) is 8.40. The van der Waals surface area contributed by atoms with E-state index in [1.807, 2.05) is 0 Å². The van der Waals surface area contributed by atoms with Crippen molar-refractivity contribution >= 4 is 18.0 Å². The van der Waals surface area contributed by atoms with E-state index in [1.165, 1.54) is 6.21 Å². The molecule has 6 nitrogen and oxygen atoms in total. The zero-order valence-electron chi connectivity index (χ0n) is 10.6. The summed E-state index contributed by atoms with van der Waals surface area (Å²) in [7, 11) is 0. The number of hydrogen-bond acceptors (Lipinski definition) is 5. The normalized spacial score (nSPS) is 11.3. The molecular weight excluding hydrogens is 234 g/mol. The van der Waals surface area contributed by atoms with Crippen LogP contribution < -0.4 is 10.9 Å². The molecule has 0 saturated heterocycles. The van der Waals surface area contributed by atoms with Gasteiger partial charge < -0.3 is 4.74 Å². The third kappa shape index (κ3) is 5.31. The van der Waals surface area contributed by atoms with Gasteiger partial charge in [-0.15, -0.1) is 0 Å². The van der Waals surface area contributed by atoms with Crippen molar-refractivity contribution in [3.8, 4) is 0 Å². The molecule has 0 spiro atoms. The molecule has 0 aliphatic heterocycles. The van der Waals surface area contributed by atoms with E-state index in [4.69, 9.17) is 9.94 Å². The number of rotatable bonds is 3. The van der Waals surface area contributed by atoms with Crippen LogP contribution in [-0.2, 0) is 4.74 Å². The van der Waals surface area contributed by atoms with E-state index >= 15 is 0 Å². The molecule has 0 atom stereocenters. The minimum atomic E-state index is -0.538. The Morgan fingerprint density at radius 1 is 1.44 bits per heavy atom. The van der Waals surface area contributed by atoms with E-state index in [0.29, 0.717) is 5.69 Å². The van der Waals surface area contributed by atoms with Crippen molar-refractivity contribution in [3.05, 3.63) is 29.8 Å². The Balaban J connectivity index is 2.67. The fraction of sp³-hybridized carbons (Fsp3) is 0.333. The highest BCUT2D eigenvalue weighted by atomic mass is 16.6. The number of nitrogens with zero attached hydrogens (tertiary/aromatic N) is 1. The molecule has 0 aliphatic rings. The van der Waals surface area contributed by atoms with Crippen molar-refractivity contribution < 1.29 is 14.7 Å². The van der Waals surface area contributed by atoms with Gasteiger partial charge in [-0.25, -0.2) is 4.79 Å². The van der Waals surface area contributed by atoms with Crippen LogP contribution >= 0.6 is 0 Å². The molecule has 0 aromatic heterocycles. The summed E-state index contributed by atoms with van der Waals surface area (Å²) in [6.45, 7) is 5.38. The summed E-state index contributed by atoms with van der Waals surface area (Å²) < 4.78 is 5.13. The number of ether oxygens (including phenoxy) is 1. The number of nitrogens with one attached hydrogen (secondary N) is 2. The molecule has 6 heteroatoms. The lowest BCUT2D eigenvalue weighted by molar-refractivity contribution is 0.0636. The number of carbonyl (C=O) groups excluding carboxylic acids is 1. The lowest BCUT2D eigenvalue weighted by atomic mass is 10.2. The van der Waals surface area contributed by atoms with Crippen LogP contribution in [0.2, 0.25) is 0 Å². The second-order valence-electron chi connectivity index (χ2n) is 4.61. The quantitative estimate of drug-likeness (QED) is 0.568. The third-order valence-electron chi connectivity index (χ3n) is 1.80. The lowest BCUT2D eigenvalue weighted by Crippen LogP contribution is -2.27. The first-order valence-electron chi connectivity index (χ1n) is 5.43. The highest BCUT2D eigenvalue weighted by Crippen LogP contribution is 2.12. The standard InChI is InChI=1S/C12H17N3O3/c1-12(2,3)18-11(16)14-10-6-4-5-9(7-10)8-13-15-17/h4-8,15,17H,1-3H3,(H,14,16). The predicted molar refractivity (Wildman–Crippen MR) is 68.8 cm³/mol. The number of benzene rings is 1. The molecular formula is C12H17N3O3. The maximum absolute atomic E-state index is 11.5. The van der Waals surface area contributed by atoms with Crippen LogP contribution in [0.25, 0.3) is 0 Å². The number of hydrogen-bond donors (Lipinski definition) is 3. The van der Waals surface area contributed by atoms with Crippen molar-refractivity contribution in [3.63, 3.8) is 0 Å². The maximum atomic E-state index is 11.5. The molecule has 98 valence electrons. The highest BCUT2D eigenvalue weighted by Gasteiger charge is 2.15. The van der Waals surface area contributed by atoms with Crippen LogP contribution in [0, 0.1) is 0 Å². The second-order valence-corrected chi connectivity index (χ2v) is 4.61. The number of hydrazone groups is 1.